The van der Waals surface area contributed by atoms with E-state index in [1.54, 1.807) is 0 Å². The second-order valence-corrected chi connectivity index (χ2v) is 3.76. The average molecular weight is 238 g/mol. The SMILES string of the molecule is O=C(NC(=O)C(F)(F)F)NC1CCCCC1. The summed E-state index contributed by atoms with van der Waals surface area (Å²) in [5.41, 5.74) is 0. The fourth-order valence-corrected chi connectivity index (χ4v) is 1.64. The van der Waals surface area contributed by atoms with E-state index in [1.807, 2.05) is 0 Å². The number of carbonyl (C=O) groups is 2. The highest BCUT2D eigenvalue weighted by molar-refractivity contribution is 5.97. The van der Waals surface area contributed by atoms with E-state index in [0.29, 0.717) is 0 Å². The van der Waals surface area contributed by atoms with Gasteiger partial charge >= 0.3 is 18.1 Å². The van der Waals surface area contributed by atoms with Crippen LogP contribution in [0.15, 0.2) is 0 Å². The Morgan fingerprint density at radius 2 is 1.62 bits per heavy atom. The lowest BCUT2D eigenvalue weighted by Crippen LogP contribution is -2.49. The smallest absolute Gasteiger partial charge is 0.335 e. The van der Waals surface area contributed by atoms with Crippen molar-refractivity contribution in [2.24, 2.45) is 0 Å². The highest BCUT2D eigenvalue weighted by Crippen LogP contribution is 2.17. The van der Waals surface area contributed by atoms with Crippen LogP contribution in [0, 0.1) is 0 Å². The van der Waals surface area contributed by atoms with Gasteiger partial charge in [0.25, 0.3) is 0 Å². The number of alkyl halides is 3. The van der Waals surface area contributed by atoms with Gasteiger partial charge in [0.05, 0.1) is 0 Å². The number of hydrogen-bond donors (Lipinski definition) is 2. The average Bonchev–Trinajstić information content (AvgIpc) is 2.17. The summed E-state index contributed by atoms with van der Waals surface area (Å²) in [4.78, 5) is 21.4. The first-order chi connectivity index (χ1) is 7.39. The number of nitrogens with one attached hydrogen (secondary N) is 2. The molecule has 0 aromatic heterocycles. The Balaban J connectivity index is 2.32. The minimum atomic E-state index is -5.02. The van der Waals surface area contributed by atoms with E-state index in [2.05, 4.69) is 5.32 Å². The zero-order valence-electron chi connectivity index (χ0n) is 8.56. The van der Waals surface area contributed by atoms with Crippen LogP contribution in [-0.2, 0) is 4.79 Å². The topological polar surface area (TPSA) is 58.2 Å². The van der Waals surface area contributed by atoms with E-state index in [4.69, 9.17) is 0 Å². The van der Waals surface area contributed by atoms with Crippen molar-refractivity contribution in [3.63, 3.8) is 0 Å². The largest absolute Gasteiger partial charge is 0.471 e. The predicted octanol–water partition coefficient (Wildman–Crippen LogP) is 1.71. The molecule has 0 bridgehead atoms. The summed E-state index contributed by atoms with van der Waals surface area (Å²) in [7, 11) is 0. The van der Waals surface area contributed by atoms with Gasteiger partial charge in [0.1, 0.15) is 0 Å². The Labute approximate surface area is 90.6 Å². The maximum atomic E-state index is 11.8. The van der Waals surface area contributed by atoms with Crippen LogP contribution in [0.1, 0.15) is 32.1 Å². The quantitative estimate of drug-likeness (QED) is 0.730. The molecule has 0 atom stereocenters. The zero-order chi connectivity index (χ0) is 12.2. The first kappa shape index (κ1) is 12.8. The Bertz CT molecular complexity index is 272. The molecule has 0 unspecified atom stereocenters. The van der Waals surface area contributed by atoms with Gasteiger partial charge in [0, 0.05) is 6.04 Å². The van der Waals surface area contributed by atoms with Crippen LogP contribution in [0.25, 0.3) is 0 Å². The maximum Gasteiger partial charge on any atom is 0.471 e. The lowest BCUT2D eigenvalue weighted by molar-refractivity contribution is -0.172. The van der Waals surface area contributed by atoms with Gasteiger partial charge in [0.2, 0.25) is 0 Å². The number of imide groups is 1. The Hall–Kier alpha value is -1.27. The molecule has 1 fully saturated rings. The molecule has 3 amide bonds. The summed E-state index contributed by atoms with van der Waals surface area (Å²) in [5.74, 6) is -2.24. The van der Waals surface area contributed by atoms with Crippen molar-refractivity contribution >= 4 is 11.9 Å². The van der Waals surface area contributed by atoms with Crippen molar-refractivity contribution in [1.82, 2.24) is 10.6 Å². The first-order valence-electron chi connectivity index (χ1n) is 5.08. The highest BCUT2D eigenvalue weighted by Gasteiger charge is 2.39. The minimum Gasteiger partial charge on any atom is -0.335 e. The maximum absolute atomic E-state index is 11.8. The standard InChI is InChI=1S/C9H13F3N2O2/c10-9(11,12)7(15)14-8(16)13-6-4-2-1-3-5-6/h6H,1-5H2,(H2,13,14,15,16). The van der Waals surface area contributed by atoms with Crippen molar-refractivity contribution in [2.45, 2.75) is 44.3 Å². The molecule has 92 valence electrons. The summed E-state index contributed by atoms with van der Waals surface area (Å²) in [6.07, 6.45) is -0.581. The number of rotatable bonds is 1. The van der Waals surface area contributed by atoms with E-state index < -0.39 is 18.1 Å². The van der Waals surface area contributed by atoms with Crippen LogP contribution < -0.4 is 10.6 Å². The second-order valence-electron chi connectivity index (χ2n) is 3.76. The molecule has 1 saturated carbocycles. The molecule has 0 heterocycles. The Morgan fingerprint density at radius 3 is 2.12 bits per heavy atom. The minimum absolute atomic E-state index is 0.130. The molecule has 0 aromatic rings. The molecule has 4 nitrogen and oxygen atoms in total. The van der Waals surface area contributed by atoms with E-state index >= 15 is 0 Å². The molecule has 0 saturated heterocycles. The van der Waals surface area contributed by atoms with Crippen LogP contribution in [-0.4, -0.2) is 24.2 Å². The zero-order valence-corrected chi connectivity index (χ0v) is 8.56. The molecule has 1 rings (SSSR count). The number of hydrogen-bond acceptors (Lipinski definition) is 2. The summed E-state index contributed by atoms with van der Waals surface area (Å²) in [6, 6.07) is -1.20. The van der Waals surface area contributed by atoms with Crippen LogP contribution in [0.3, 0.4) is 0 Å². The van der Waals surface area contributed by atoms with E-state index in [-0.39, 0.29) is 6.04 Å². The fourth-order valence-electron chi connectivity index (χ4n) is 1.64. The third kappa shape index (κ3) is 4.08. The van der Waals surface area contributed by atoms with Gasteiger partial charge in [0.15, 0.2) is 0 Å². The number of amides is 3. The van der Waals surface area contributed by atoms with Gasteiger partial charge in [-0.25, -0.2) is 4.79 Å². The molecule has 0 aromatic carbocycles. The molecule has 7 heteroatoms. The van der Waals surface area contributed by atoms with Crippen molar-refractivity contribution in [3.8, 4) is 0 Å². The lowest BCUT2D eigenvalue weighted by Gasteiger charge is -2.22. The van der Waals surface area contributed by atoms with Gasteiger partial charge in [-0.3, -0.25) is 10.1 Å². The van der Waals surface area contributed by atoms with Crippen molar-refractivity contribution < 1.29 is 22.8 Å². The number of carbonyl (C=O) groups excluding carboxylic acids is 2. The summed E-state index contributed by atoms with van der Waals surface area (Å²) in [6.45, 7) is 0. The molecular formula is C9H13F3N2O2. The van der Waals surface area contributed by atoms with E-state index in [1.165, 1.54) is 5.32 Å². The molecular weight excluding hydrogens is 225 g/mol. The third-order valence-corrected chi connectivity index (χ3v) is 2.42. The second kappa shape index (κ2) is 5.18. The van der Waals surface area contributed by atoms with Crippen LogP contribution >= 0.6 is 0 Å². The van der Waals surface area contributed by atoms with Gasteiger partial charge in [-0.2, -0.15) is 13.2 Å². The van der Waals surface area contributed by atoms with Gasteiger partial charge in [-0.15, -0.1) is 0 Å². The Kier molecular flexibility index (Phi) is 4.14. The van der Waals surface area contributed by atoms with Crippen LogP contribution in [0.4, 0.5) is 18.0 Å². The molecule has 0 aliphatic heterocycles. The fraction of sp³-hybridized carbons (Fsp3) is 0.778. The summed E-state index contributed by atoms with van der Waals surface area (Å²) in [5, 5.41) is 3.60. The molecule has 1 aliphatic carbocycles. The number of halogens is 3. The molecule has 1 aliphatic rings. The van der Waals surface area contributed by atoms with Gasteiger partial charge in [-0.1, -0.05) is 19.3 Å². The van der Waals surface area contributed by atoms with Crippen LogP contribution in [0.5, 0.6) is 0 Å². The predicted molar refractivity (Wildman–Crippen MR) is 49.6 cm³/mol. The third-order valence-electron chi connectivity index (χ3n) is 2.42. The molecule has 16 heavy (non-hydrogen) atoms. The lowest BCUT2D eigenvalue weighted by atomic mass is 9.96. The monoisotopic (exact) mass is 238 g/mol. The molecule has 2 N–H and O–H groups in total. The van der Waals surface area contributed by atoms with E-state index in [0.717, 1.165) is 32.1 Å². The molecule has 0 radical (unpaired) electrons. The van der Waals surface area contributed by atoms with E-state index in [9.17, 15) is 22.8 Å². The van der Waals surface area contributed by atoms with Gasteiger partial charge in [-0.05, 0) is 12.8 Å². The normalized spacial score (nSPS) is 17.9. The van der Waals surface area contributed by atoms with Crippen molar-refractivity contribution in [1.29, 1.82) is 0 Å². The van der Waals surface area contributed by atoms with Gasteiger partial charge < -0.3 is 5.32 Å². The first-order valence-corrected chi connectivity index (χ1v) is 5.08. The van der Waals surface area contributed by atoms with Crippen molar-refractivity contribution in [3.05, 3.63) is 0 Å². The highest BCUT2D eigenvalue weighted by atomic mass is 19.4. The Morgan fingerprint density at radius 1 is 1.06 bits per heavy atom. The summed E-state index contributed by atoms with van der Waals surface area (Å²) >= 11 is 0. The number of urea groups is 1. The molecule has 0 spiro atoms. The summed E-state index contributed by atoms with van der Waals surface area (Å²) < 4.78 is 35.4. The van der Waals surface area contributed by atoms with Crippen molar-refractivity contribution in [2.75, 3.05) is 0 Å². The van der Waals surface area contributed by atoms with Crippen LogP contribution in [0.2, 0.25) is 0 Å².